The average molecular weight is 492 g/mol. The Labute approximate surface area is 213 Å². The molecule has 4 heterocycles. The Morgan fingerprint density at radius 3 is 2.72 bits per heavy atom. The number of nitrogens with one attached hydrogen (secondary N) is 2. The Bertz CT molecular complexity index is 1110. The summed E-state index contributed by atoms with van der Waals surface area (Å²) in [6.45, 7) is 6.86. The van der Waals surface area contributed by atoms with Crippen molar-refractivity contribution in [1.29, 1.82) is 0 Å². The first-order valence-corrected chi connectivity index (χ1v) is 13.2. The number of fused-ring (bicyclic) bond motifs is 2. The maximum atomic E-state index is 13.6. The highest BCUT2D eigenvalue weighted by Gasteiger charge is 2.34. The number of β-amino-alcohol motifs (C(OH)–C–C–N with tert-alkyl or cyclic N) is 1. The normalized spacial score (nSPS) is 23.1. The molecule has 0 bridgehead atoms. The summed E-state index contributed by atoms with van der Waals surface area (Å²) in [6.07, 6.45) is 4.58. The molecule has 5 rings (SSSR count). The summed E-state index contributed by atoms with van der Waals surface area (Å²) in [4.78, 5) is 33.5. The minimum absolute atomic E-state index is 0.0400. The van der Waals surface area contributed by atoms with Gasteiger partial charge >= 0.3 is 0 Å². The lowest BCUT2D eigenvalue weighted by molar-refractivity contribution is -0.129. The molecule has 1 fully saturated rings. The molecule has 1 saturated heterocycles. The molecule has 3 aliphatic rings. The van der Waals surface area contributed by atoms with Crippen LogP contribution in [0.4, 0.5) is 5.82 Å². The number of carbonyl (C=O) groups is 2. The second-order valence-electron chi connectivity index (χ2n) is 10.4. The van der Waals surface area contributed by atoms with Gasteiger partial charge in [0, 0.05) is 69.4 Å². The molecule has 0 saturated carbocycles. The Morgan fingerprint density at radius 1 is 1.25 bits per heavy atom. The van der Waals surface area contributed by atoms with Crippen molar-refractivity contribution in [2.75, 3.05) is 31.5 Å². The molecule has 8 nitrogen and oxygen atoms in total. The second-order valence-corrected chi connectivity index (χ2v) is 10.4. The fourth-order valence-corrected chi connectivity index (χ4v) is 5.83. The number of aliphatic hydroxyl groups is 1. The van der Waals surface area contributed by atoms with Crippen molar-refractivity contribution >= 4 is 17.6 Å². The molecule has 3 N–H and O–H groups in total. The number of aliphatic hydroxyl groups excluding tert-OH is 1. The molecule has 1 aromatic heterocycles. The van der Waals surface area contributed by atoms with Gasteiger partial charge in [-0.05, 0) is 48.4 Å². The standard InChI is InChI=1S/C28H37N5O3/c1-3-19-16-33(17-26(35)25-12-20-6-4-5-7-21(20)14-29-25)28(36)23-13-27(30-15-24(19)23)31-22-8-10-32(11-9-22)18(2)34/h4-7,13,15,19,22,25-26,29,35H,3,8-12,14,16-17H2,1-2H3,(H,30,31)/t19-,25-,26-/m0/s1. The number of nitrogens with zero attached hydrogens (tertiary/aromatic N) is 3. The Hall–Kier alpha value is -2.97. The predicted molar refractivity (Wildman–Crippen MR) is 139 cm³/mol. The summed E-state index contributed by atoms with van der Waals surface area (Å²) in [5.74, 6) is 0.977. The fraction of sp³-hybridized carbons (Fsp3) is 0.536. The lowest BCUT2D eigenvalue weighted by Gasteiger charge is -2.38. The van der Waals surface area contributed by atoms with Gasteiger partial charge in [-0.1, -0.05) is 31.2 Å². The van der Waals surface area contributed by atoms with Crippen LogP contribution in [0.3, 0.4) is 0 Å². The Kier molecular flexibility index (Phi) is 7.25. The molecule has 2 amide bonds. The lowest BCUT2D eigenvalue weighted by Crippen LogP contribution is -2.52. The van der Waals surface area contributed by atoms with Crippen LogP contribution in [-0.2, 0) is 17.8 Å². The molecule has 0 spiro atoms. The number of carbonyl (C=O) groups excluding carboxylic acids is 2. The van der Waals surface area contributed by atoms with Crippen molar-refractivity contribution in [3.05, 3.63) is 58.8 Å². The topological polar surface area (TPSA) is 97.8 Å². The van der Waals surface area contributed by atoms with E-state index in [1.807, 2.05) is 34.2 Å². The van der Waals surface area contributed by atoms with E-state index < -0.39 is 6.10 Å². The van der Waals surface area contributed by atoms with Crippen LogP contribution in [0.15, 0.2) is 36.5 Å². The van der Waals surface area contributed by atoms with Gasteiger partial charge in [0.05, 0.1) is 6.10 Å². The quantitative estimate of drug-likeness (QED) is 0.575. The van der Waals surface area contributed by atoms with E-state index in [1.54, 1.807) is 6.92 Å². The number of likely N-dealkylation sites (tertiary alicyclic amines) is 1. The summed E-state index contributed by atoms with van der Waals surface area (Å²) < 4.78 is 0. The van der Waals surface area contributed by atoms with Crippen LogP contribution < -0.4 is 10.6 Å². The molecular weight excluding hydrogens is 454 g/mol. The number of anilines is 1. The Morgan fingerprint density at radius 2 is 2.00 bits per heavy atom. The third-order valence-corrected chi connectivity index (χ3v) is 8.10. The molecular formula is C28H37N5O3. The minimum Gasteiger partial charge on any atom is -0.390 e. The van der Waals surface area contributed by atoms with Gasteiger partial charge in [0.1, 0.15) is 5.82 Å². The molecule has 0 unspecified atom stereocenters. The third-order valence-electron chi connectivity index (χ3n) is 8.10. The van der Waals surface area contributed by atoms with Crippen LogP contribution >= 0.6 is 0 Å². The molecule has 3 aliphatic heterocycles. The van der Waals surface area contributed by atoms with Gasteiger partial charge in [-0.3, -0.25) is 9.59 Å². The van der Waals surface area contributed by atoms with Crippen molar-refractivity contribution in [1.82, 2.24) is 20.1 Å². The first-order valence-electron chi connectivity index (χ1n) is 13.2. The molecule has 8 heteroatoms. The number of aromatic nitrogens is 1. The van der Waals surface area contributed by atoms with Crippen molar-refractivity contribution in [2.24, 2.45) is 0 Å². The van der Waals surface area contributed by atoms with Gasteiger partial charge < -0.3 is 25.5 Å². The number of rotatable bonds is 6. The molecule has 1 aromatic carbocycles. The van der Waals surface area contributed by atoms with Crippen LogP contribution in [0.25, 0.3) is 0 Å². The van der Waals surface area contributed by atoms with E-state index in [1.165, 1.54) is 11.1 Å². The van der Waals surface area contributed by atoms with Gasteiger partial charge in [0.2, 0.25) is 5.91 Å². The highest BCUT2D eigenvalue weighted by Crippen LogP contribution is 2.32. The van der Waals surface area contributed by atoms with E-state index in [0.29, 0.717) is 24.5 Å². The van der Waals surface area contributed by atoms with E-state index in [4.69, 9.17) is 0 Å². The lowest BCUT2D eigenvalue weighted by atomic mass is 9.88. The van der Waals surface area contributed by atoms with E-state index in [-0.39, 0.29) is 29.8 Å². The summed E-state index contributed by atoms with van der Waals surface area (Å²) in [7, 11) is 0. The van der Waals surface area contributed by atoms with Crippen LogP contribution in [0.2, 0.25) is 0 Å². The molecule has 3 atom stereocenters. The molecule has 36 heavy (non-hydrogen) atoms. The predicted octanol–water partition coefficient (Wildman–Crippen LogP) is 2.53. The van der Waals surface area contributed by atoms with Gasteiger partial charge in [-0.25, -0.2) is 4.98 Å². The van der Waals surface area contributed by atoms with Gasteiger partial charge in [-0.15, -0.1) is 0 Å². The fourth-order valence-electron chi connectivity index (χ4n) is 5.83. The maximum absolute atomic E-state index is 13.6. The number of amides is 2. The smallest absolute Gasteiger partial charge is 0.254 e. The molecule has 192 valence electrons. The van der Waals surface area contributed by atoms with Crippen molar-refractivity contribution in [2.45, 2.75) is 70.2 Å². The van der Waals surface area contributed by atoms with Crippen molar-refractivity contribution in [3.8, 4) is 0 Å². The summed E-state index contributed by atoms with van der Waals surface area (Å²) in [6, 6.07) is 10.3. The Balaban J connectivity index is 1.27. The van der Waals surface area contributed by atoms with Crippen molar-refractivity contribution < 1.29 is 14.7 Å². The summed E-state index contributed by atoms with van der Waals surface area (Å²) >= 11 is 0. The van der Waals surface area contributed by atoms with E-state index in [9.17, 15) is 14.7 Å². The maximum Gasteiger partial charge on any atom is 0.254 e. The van der Waals surface area contributed by atoms with Crippen LogP contribution in [0, 0.1) is 0 Å². The van der Waals surface area contributed by atoms with Crippen LogP contribution in [-0.4, -0.2) is 76.1 Å². The number of piperidine rings is 1. The third kappa shape index (κ3) is 5.11. The second kappa shape index (κ2) is 10.6. The monoisotopic (exact) mass is 491 g/mol. The molecule has 2 aromatic rings. The van der Waals surface area contributed by atoms with Crippen LogP contribution in [0.1, 0.15) is 66.1 Å². The first kappa shape index (κ1) is 24.7. The summed E-state index contributed by atoms with van der Waals surface area (Å²) in [5.41, 5.74) is 4.21. The highest BCUT2D eigenvalue weighted by atomic mass is 16.3. The average Bonchev–Trinajstić information content (AvgIpc) is 2.90. The number of hydrogen-bond donors (Lipinski definition) is 3. The SMILES string of the molecule is CC[C@H]1CN(C[C@H](O)[C@@H]2Cc3ccccc3CN2)C(=O)c2cc(NC3CCN(C(C)=O)CC3)ncc21. The van der Waals surface area contributed by atoms with E-state index in [0.717, 1.165) is 50.9 Å². The zero-order valence-electron chi connectivity index (χ0n) is 21.2. The molecule has 0 aliphatic carbocycles. The van der Waals surface area contributed by atoms with E-state index >= 15 is 0 Å². The van der Waals surface area contributed by atoms with Gasteiger partial charge in [-0.2, -0.15) is 0 Å². The zero-order chi connectivity index (χ0) is 25.2. The summed E-state index contributed by atoms with van der Waals surface area (Å²) in [5, 5.41) is 18.0. The number of benzene rings is 1. The minimum atomic E-state index is -0.646. The van der Waals surface area contributed by atoms with Gasteiger partial charge in [0.25, 0.3) is 5.91 Å². The largest absolute Gasteiger partial charge is 0.390 e. The zero-order valence-corrected chi connectivity index (χ0v) is 21.2. The number of pyridine rings is 1. The van der Waals surface area contributed by atoms with Crippen molar-refractivity contribution in [3.63, 3.8) is 0 Å². The number of hydrogen-bond acceptors (Lipinski definition) is 6. The highest BCUT2D eigenvalue weighted by molar-refractivity contribution is 5.97. The van der Waals surface area contributed by atoms with E-state index in [2.05, 4.69) is 34.7 Å². The first-order chi connectivity index (χ1) is 17.4. The van der Waals surface area contributed by atoms with Gasteiger partial charge in [0.15, 0.2) is 0 Å². The van der Waals surface area contributed by atoms with Crippen LogP contribution in [0.5, 0.6) is 0 Å². The molecule has 0 radical (unpaired) electrons.